The zero-order chi connectivity index (χ0) is 15.0. The second-order valence-corrected chi connectivity index (χ2v) is 5.43. The van der Waals surface area contributed by atoms with Gasteiger partial charge in [-0.3, -0.25) is 4.90 Å². The number of aromatic amines is 1. The number of H-pyrrole nitrogens is 1. The third kappa shape index (κ3) is 2.40. The summed E-state index contributed by atoms with van der Waals surface area (Å²) in [7, 11) is 1.63. The van der Waals surface area contributed by atoms with Gasteiger partial charge in [0, 0.05) is 24.7 Å². The molecule has 0 aliphatic carbocycles. The van der Waals surface area contributed by atoms with E-state index in [9.17, 15) is 15.3 Å². The smallest absolute Gasteiger partial charge is 0.142 e. The number of aliphatic hydroxyl groups excluding tert-OH is 3. The summed E-state index contributed by atoms with van der Waals surface area (Å²) in [4.78, 5) is 5.10. The van der Waals surface area contributed by atoms with Gasteiger partial charge >= 0.3 is 0 Å². The summed E-state index contributed by atoms with van der Waals surface area (Å²) in [5.74, 6) is 0.777. The SMILES string of the molecule is COc1cccc2c(CN3C[C@H](O)[C@H](O)[C@H]3CO)c[nH]c12. The highest BCUT2D eigenvalue weighted by molar-refractivity contribution is 5.88. The first-order valence-corrected chi connectivity index (χ1v) is 6.99. The molecule has 4 N–H and O–H groups in total. The average molecular weight is 292 g/mol. The number of aliphatic hydroxyl groups is 3. The first kappa shape index (κ1) is 14.3. The van der Waals surface area contributed by atoms with Crippen molar-refractivity contribution >= 4 is 10.9 Å². The molecular weight excluding hydrogens is 272 g/mol. The Balaban J connectivity index is 1.89. The summed E-state index contributed by atoms with van der Waals surface area (Å²) >= 11 is 0. The lowest BCUT2D eigenvalue weighted by Crippen LogP contribution is -2.38. The van der Waals surface area contributed by atoms with Crippen LogP contribution in [-0.2, 0) is 6.54 Å². The molecule has 1 fully saturated rings. The minimum absolute atomic E-state index is 0.177. The Kier molecular flexibility index (Phi) is 3.86. The van der Waals surface area contributed by atoms with Crippen LogP contribution in [-0.4, -0.2) is 63.7 Å². The maximum Gasteiger partial charge on any atom is 0.142 e. The summed E-state index contributed by atoms with van der Waals surface area (Å²) in [5.41, 5.74) is 1.97. The lowest BCUT2D eigenvalue weighted by atomic mass is 10.1. The molecule has 1 aliphatic heterocycles. The van der Waals surface area contributed by atoms with E-state index in [0.29, 0.717) is 13.1 Å². The molecule has 0 saturated carbocycles. The van der Waals surface area contributed by atoms with Gasteiger partial charge < -0.3 is 25.0 Å². The van der Waals surface area contributed by atoms with Crippen molar-refractivity contribution in [3.8, 4) is 5.75 Å². The fourth-order valence-corrected chi connectivity index (χ4v) is 3.07. The Bertz CT molecular complexity index is 627. The van der Waals surface area contributed by atoms with Gasteiger partial charge in [-0.15, -0.1) is 0 Å². The Morgan fingerprint density at radius 2 is 2.19 bits per heavy atom. The summed E-state index contributed by atoms with van der Waals surface area (Å²) in [6.45, 7) is 0.722. The first-order valence-electron chi connectivity index (χ1n) is 6.99. The normalized spacial score (nSPS) is 26.6. The fourth-order valence-electron chi connectivity index (χ4n) is 3.07. The van der Waals surface area contributed by atoms with E-state index in [-0.39, 0.29) is 6.61 Å². The van der Waals surface area contributed by atoms with Crippen LogP contribution in [0.5, 0.6) is 5.75 Å². The number of nitrogens with zero attached hydrogens (tertiary/aromatic N) is 1. The minimum atomic E-state index is -0.908. The summed E-state index contributed by atoms with van der Waals surface area (Å²) in [6, 6.07) is 5.38. The molecule has 114 valence electrons. The second kappa shape index (κ2) is 5.65. The van der Waals surface area contributed by atoms with Crippen LogP contribution in [0.2, 0.25) is 0 Å². The maximum atomic E-state index is 9.87. The molecule has 21 heavy (non-hydrogen) atoms. The monoisotopic (exact) mass is 292 g/mol. The molecule has 0 bridgehead atoms. The van der Waals surface area contributed by atoms with Crippen molar-refractivity contribution in [3.05, 3.63) is 30.0 Å². The predicted molar refractivity (Wildman–Crippen MR) is 78.1 cm³/mol. The Labute approximate surface area is 122 Å². The van der Waals surface area contributed by atoms with Crippen LogP contribution < -0.4 is 4.74 Å². The van der Waals surface area contributed by atoms with E-state index >= 15 is 0 Å². The number of fused-ring (bicyclic) bond motifs is 1. The molecule has 3 rings (SSSR count). The Hall–Kier alpha value is -1.60. The Morgan fingerprint density at radius 1 is 1.38 bits per heavy atom. The quantitative estimate of drug-likeness (QED) is 0.641. The highest BCUT2D eigenvalue weighted by Crippen LogP contribution is 2.29. The van der Waals surface area contributed by atoms with Crippen molar-refractivity contribution in [1.29, 1.82) is 0 Å². The van der Waals surface area contributed by atoms with Gasteiger partial charge in [-0.25, -0.2) is 0 Å². The highest BCUT2D eigenvalue weighted by Gasteiger charge is 2.39. The zero-order valence-electron chi connectivity index (χ0n) is 11.9. The van der Waals surface area contributed by atoms with Gasteiger partial charge in [0.25, 0.3) is 0 Å². The van der Waals surface area contributed by atoms with Gasteiger partial charge in [-0.05, 0) is 11.6 Å². The summed E-state index contributed by atoms with van der Waals surface area (Å²) in [6.07, 6.45) is 0.176. The molecule has 1 aromatic heterocycles. The van der Waals surface area contributed by atoms with Crippen LogP contribution >= 0.6 is 0 Å². The van der Waals surface area contributed by atoms with Gasteiger partial charge in [0.2, 0.25) is 0 Å². The number of methoxy groups -OCH3 is 1. The molecule has 2 heterocycles. The van der Waals surface area contributed by atoms with Crippen LogP contribution in [0.25, 0.3) is 10.9 Å². The number of aromatic nitrogens is 1. The molecule has 0 spiro atoms. The van der Waals surface area contributed by atoms with Gasteiger partial charge in [0.05, 0.1) is 37.5 Å². The Morgan fingerprint density at radius 3 is 2.90 bits per heavy atom. The average Bonchev–Trinajstić information content (AvgIpc) is 3.01. The number of para-hydroxylation sites is 1. The van der Waals surface area contributed by atoms with Crippen LogP contribution in [0, 0.1) is 0 Å². The zero-order valence-corrected chi connectivity index (χ0v) is 11.9. The molecule has 2 aromatic rings. The van der Waals surface area contributed by atoms with Gasteiger partial charge in [-0.1, -0.05) is 12.1 Å². The molecular formula is C15H20N2O4. The van der Waals surface area contributed by atoms with E-state index in [1.807, 2.05) is 29.3 Å². The maximum absolute atomic E-state index is 9.87. The third-order valence-electron chi connectivity index (χ3n) is 4.22. The van der Waals surface area contributed by atoms with Crippen LogP contribution in [0.3, 0.4) is 0 Å². The molecule has 1 aliphatic rings. The molecule has 6 heteroatoms. The van der Waals surface area contributed by atoms with E-state index in [2.05, 4.69) is 4.98 Å². The molecule has 1 aromatic carbocycles. The lowest BCUT2D eigenvalue weighted by Gasteiger charge is -2.23. The van der Waals surface area contributed by atoms with Crippen molar-refractivity contribution in [2.75, 3.05) is 20.3 Å². The molecule has 6 nitrogen and oxygen atoms in total. The van der Waals surface area contributed by atoms with Gasteiger partial charge in [0.1, 0.15) is 5.75 Å². The highest BCUT2D eigenvalue weighted by atomic mass is 16.5. The minimum Gasteiger partial charge on any atom is -0.495 e. The molecule has 0 amide bonds. The molecule has 3 atom stereocenters. The van der Waals surface area contributed by atoms with Crippen molar-refractivity contribution in [2.24, 2.45) is 0 Å². The molecule has 0 unspecified atom stereocenters. The standard InChI is InChI=1S/C15H20N2O4/c1-21-13-4-2-3-10-9(5-16-14(10)13)6-17-7-12(19)15(20)11(17)8-18/h2-5,11-12,15-16,18-20H,6-8H2,1H3/t11-,12+,15-/m1/s1. The van der Waals surface area contributed by atoms with Crippen molar-refractivity contribution < 1.29 is 20.1 Å². The number of ether oxygens (including phenoxy) is 1. The molecule has 0 radical (unpaired) electrons. The third-order valence-corrected chi connectivity index (χ3v) is 4.22. The van der Waals surface area contributed by atoms with E-state index in [4.69, 9.17) is 4.74 Å². The van der Waals surface area contributed by atoms with E-state index < -0.39 is 18.2 Å². The van der Waals surface area contributed by atoms with E-state index in [0.717, 1.165) is 22.2 Å². The topological polar surface area (TPSA) is 89.0 Å². The second-order valence-electron chi connectivity index (χ2n) is 5.43. The van der Waals surface area contributed by atoms with E-state index in [1.54, 1.807) is 7.11 Å². The lowest BCUT2D eigenvalue weighted by molar-refractivity contribution is 0.0210. The van der Waals surface area contributed by atoms with Gasteiger partial charge in [0.15, 0.2) is 0 Å². The number of nitrogens with one attached hydrogen (secondary N) is 1. The number of likely N-dealkylation sites (tertiary alicyclic amines) is 1. The number of hydrogen-bond donors (Lipinski definition) is 4. The predicted octanol–water partition coefficient (Wildman–Crippen LogP) is 0.0748. The van der Waals surface area contributed by atoms with Crippen molar-refractivity contribution in [1.82, 2.24) is 9.88 Å². The number of benzene rings is 1. The largest absolute Gasteiger partial charge is 0.495 e. The fraction of sp³-hybridized carbons (Fsp3) is 0.467. The first-order chi connectivity index (χ1) is 10.2. The number of rotatable bonds is 4. The van der Waals surface area contributed by atoms with Crippen LogP contribution in [0.15, 0.2) is 24.4 Å². The van der Waals surface area contributed by atoms with Crippen LogP contribution in [0.1, 0.15) is 5.56 Å². The van der Waals surface area contributed by atoms with E-state index in [1.165, 1.54) is 0 Å². The molecule has 1 saturated heterocycles. The van der Waals surface area contributed by atoms with Crippen molar-refractivity contribution in [2.45, 2.75) is 24.8 Å². The number of β-amino-alcohol motifs (C(OH)–C–C–N with tert-alkyl or cyclic N) is 1. The summed E-state index contributed by atoms with van der Waals surface area (Å²) in [5, 5.41) is 30.1. The number of hydrogen-bond acceptors (Lipinski definition) is 5. The van der Waals surface area contributed by atoms with Crippen molar-refractivity contribution in [3.63, 3.8) is 0 Å². The van der Waals surface area contributed by atoms with Gasteiger partial charge in [-0.2, -0.15) is 0 Å². The summed E-state index contributed by atoms with van der Waals surface area (Å²) < 4.78 is 5.32. The van der Waals surface area contributed by atoms with Crippen LogP contribution in [0.4, 0.5) is 0 Å².